The van der Waals surface area contributed by atoms with Crippen molar-refractivity contribution in [2.45, 2.75) is 69.7 Å². The van der Waals surface area contributed by atoms with E-state index in [1.54, 1.807) is 7.11 Å². The molecule has 5 rings (SSSR count). The van der Waals surface area contributed by atoms with E-state index >= 15 is 0 Å². The van der Waals surface area contributed by atoms with E-state index in [9.17, 15) is 0 Å². The molecule has 2 heterocycles. The summed E-state index contributed by atoms with van der Waals surface area (Å²) < 4.78 is 5.68. The van der Waals surface area contributed by atoms with E-state index < -0.39 is 0 Å². The van der Waals surface area contributed by atoms with E-state index in [0.29, 0.717) is 18.4 Å². The van der Waals surface area contributed by atoms with E-state index in [1.807, 2.05) is 0 Å². The Bertz CT molecular complexity index is 1220. The van der Waals surface area contributed by atoms with E-state index in [4.69, 9.17) is 20.4 Å². The molecule has 1 aliphatic heterocycles. The predicted molar refractivity (Wildman–Crippen MR) is 153 cm³/mol. The van der Waals surface area contributed by atoms with Crippen molar-refractivity contribution in [1.29, 1.82) is 0 Å². The molecular weight excluding hydrogens is 458 g/mol. The van der Waals surface area contributed by atoms with Crippen LogP contribution in [0.2, 0.25) is 0 Å². The maximum atomic E-state index is 5.89. The number of ether oxygens (including phenoxy) is 1. The molecule has 0 spiro atoms. The first-order chi connectivity index (χ1) is 18.0. The Morgan fingerprint density at radius 3 is 2.57 bits per heavy atom. The Morgan fingerprint density at radius 1 is 1.14 bits per heavy atom. The van der Waals surface area contributed by atoms with Crippen LogP contribution >= 0.6 is 0 Å². The summed E-state index contributed by atoms with van der Waals surface area (Å²) in [5.41, 5.74) is 9.59. The summed E-state index contributed by atoms with van der Waals surface area (Å²) in [5.74, 6) is 4.04. The normalized spacial score (nSPS) is 18.4. The van der Waals surface area contributed by atoms with E-state index in [-0.39, 0.29) is 5.54 Å². The molecule has 1 saturated heterocycles. The van der Waals surface area contributed by atoms with Crippen LogP contribution in [0.3, 0.4) is 0 Å². The molecule has 0 radical (unpaired) electrons. The number of hydrogen-bond donors (Lipinski definition) is 1. The molecule has 6 heteroatoms. The largest absolute Gasteiger partial charge is 0.496 e. The number of benzene rings is 2. The van der Waals surface area contributed by atoms with Crippen molar-refractivity contribution in [3.05, 3.63) is 59.4 Å². The fraction of sp³-hybridized carbons (Fsp3) is 0.548. The van der Waals surface area contributed by atoms with Gasteiger partial charge in [0.2, 0.25) is 0 Å². The molecule has 37 heavy (non-hydrogen) atoms. The van der Waals surface area contributed by atoms with Gasteiger partial charge in [-0.2, -0.15) is 0 Å². The Balaban J connectivity index is 1.50. The SMILES string of the molecule is CCCN(C)C1(c2nc(N3CCC(c4ccccc4OC)CC3)c3cc(C(C)CCN)ccc3n2)CC1. The minimum atomic E-state index is -0.0137. The maximum Gasteiger partial charge on any atom is 0.151 e. The zero-order valence-electron chi connectivity index (χ0n) is 23.0. The van der Waals surface area contributed by atoms with Crippen molar-refractivity contribution in [1.82, 2.24) is 14.9 Å². The van der Waals surface area contributed by atoms with Crippen LogP contribution in [-0.2, 0) is 5.54 Å². The third kappa shape index (κ3) is 5.06. The lowest BCUT2D eigenvalue weighted by Gasteiger charge is -2.35. The van der Waals surface area contributed by atoms with Crippen LogP contribution in [-0.4, -0.2) is 55.2 Å². The lowest BCUT2D eigenvalue weighted by atomic mass is 9.88. The summed E-state index contributed by atoms with van der Waals surface area (Å²) in [5, 5.41) is 1.18. The van der Waals surface area contributed by atoms with E-state index in [0.717, 1.165) is 81.1 Å². The van der Waals surface area contributed by atoms with Gasteiger partial charge in [0.25, 0.3) is 0 Å². The quantitative estimate of drug-likeness (QED) is 0.378. The van der Waals surface area contributed by atoms with Gasteiger partial charge in [-0.25, -0.2) is 9.97 Å². The van der Waals surface area contributed by atoms with Gasteiger partial charge < -0.3 is 15.4 Å². The highest BCUT2D eigenvalue weighted by Crippen LogP contribution is 2.50. The van der Waals surface area contributed by atoms with Crippen LogP contribution in [0.15, 0.2) is 42.5 Å². The lowest BCUT2D eigenvalue weighted by molar-refractivity contribution is 0.213. The standard InChI is InChI=1S/C31H43N5O/c1-5-18-35(3)31(15-16-31)30-33-27-11-10-24(22(2)12-17-32)21-26(27)29(34-30)36-19-13-23(14-20-36)25-8-6-7-9-28(25)37-4/h6-11,21-23H,5,12-20,32H2,1-4H3. The van der Waals surface area contributed by atoms with Crippen molar-refractivity contribution in [3.8, 4) is 5.75 Å². The van der Waals surface area contributed by atoms with Gasteiger partial charge in [-0.15, -0.1) is 0 Å². The Hall–Kier alpha value is -2.70. The molecule has 1 atom stereocenters. The highest BCUT2D eigenvalue weighted by atomic mass is 16.5. The molecule has 3 aromatic rings. The summed E-state index contributed by atoms with van der Waals surface area (Å²) in [4.78, 5) is 15.5. The van der Waals surface area contributed by atoms with E-state index in [2.05, 4.69) is 73.2 Å². The van der Waals surface area contributed by atoms with Gasteiger partial charge in [0.1, 0.15) is 11.6 Å². The van der Waals surface area contributed by atoms with Crippen LogP contribution in [0.4, 0.5) is 5.82 Å². The number of fused-ring (bicyclic) bond motifs is 1. The first-order valence-corrected chi connectivity index (χ1v) is 14.1. The summed E-state index contributed by atoms with van der Waals surface area (Å²) in [6.45, 7) is 8.24. The van der Waals surface area contributed by atoms with Crippen LogP contribution in [0.1, 0.15) is 81.2 Å². The minimum absolute atomic E-state index is 0.0137. The number of hydrogen-bond acceptors (Lipinski definition) is 6. The third-order valence-electron chi connectivity index (χ3n) is 8.67. The molecular formula is C31H43N5O. The highest BCUT2D eigenvalue weighted by molar-refractivity contribution is 5.90. The maximum absolute atomic E-state index is 5.89. The number of piperidine rings is 1. The summed E-state index contributed by atoms with van der Waals surface area (Å²) >= 11 is 0. The van der Waals surface area contributed by atoms with Gasteiger partial charge in [0, 0.05) is 18.5 Å². The molecule has 2 aromatic carbocycles. The molecule has 198 valence electrons. The molecule has 0 bridgehead atoms. The first-order valence-electron chi connectivity index (χ1n) is 14.1. The Kier molecular flexibility index (Phi) is 7.68. The molecule has 6 nitrogen and oxygen atoms in total. The van der Waals surface area contributed by atoms with Gasteiger partial charge in [0.15, 0.2) is 5.82 Å². The van der Waals surface area contributed by atoms with Crippen molar-refractivity contribution in [3.63, 3.8) is 0 Å². The number of methoxy groups -OCH3 is 1. The molecule has 1 aromatic heterocycles. The fourth-order valence-electron chi connectivity index (χ4n) is 6.15. The van der Waals surface area contributed by atoms with Crippen LogP contribution in [0.25, 0.3) is 10.9 Å². The van der Waals surface area contributed by atoms with Gasteiger partial charge in [-0.1, -0.05) is 38.1 Å². The van der Waals surface area contributed by atoms with Gasteiger partial charge in [0.05, 0.1) is 18.2 Å². The van der Waals surface area contributed by atoms with Gasteiger partial charge in [-0.3, -0.25) is 4.90 Å². The molecule has 2 fully saturated rings. The lowest BCUT2D eigenvalue weighted by Crippen LogP contribution is -2.36. The molecule has 0 amide bonds. The smallest absolute Gasteiger partial charge is 0.151 e. The topological polar surface area (TPSA) is 67.5 Å². The fourth-order valence-corrected chi connectivity index (χ4v) is 6.15. The second kappa shape index (κ2) is 11.0. The van der Waals surface area contributed by atoms with Crippen molar-refractivity contribution in [2.75, 3.05) is 45.2 Å². The molecule has 2 N–H and O–H groups in total. The Morgan fingerprint density at radius 2 is 1.89 bits per heavy atom. The predicted octanol–water partition coefficient (Wildman–Crippen LogP) is 5.81. The molecule has 2 aliphatic rings. The van der Waals surface area contributed by atoms with E-state index in [1.165, 1.54) is 16.5 Å². The van der Waals surface area contributed by atoms with Crippen molar-refractivity contribution < 1.29 is 4.74 Å². The second-order valence-electron chi connectivity index (χ2n) is 11.1. The van der Waals surface area contributed by atoms with Crippen LogP contribution in [0, 0.1) is 0 Å². The molecule has 1 unspecified atom stereocenters. The van der Waals surface area contributed by atoms with Crippen molar-refractivity contribution >= 4 is 16.7 Å². The first kappa shape index (κ1) is 25.9. The Labute approximate surface area is 222 Å². The average Bonchev–Trinajstić information content (AvgIpc) is 3.75. The van der Waals surface area contributed by atoms with Crippen molar-refractivity contribution in [2.24, 2.45) is 5.73 Å². The highest BCUT2D eigenvalue weighted by Gasteiger charge is 2.50. The number of aromatic nitrogens is 2. The van der Waals surface area contributed by atoms with Gasteiger partial charge >= 0.3 is 0 Å². The number of rotatable bonds is 10. The number of anilines is 1. The monoisotopic (exact) mass is 501 g/mol. The summed E-state index contributed by atoms with van der Waals surface area (Å²) in [7, 11) is 4.01. The van der Waals surface area contributed by atoms with Crippen LogP contribution < -0.4 is 15.4 Å². The summed E-state index contributed by atoms with van der Waals surface area (Å²) in [6.07, 6.45) is 6.56. The number of para-hydroxylation sites is 1. The number of nitrogens with two attached hydrogens (primary N) is 1. The van der Waals surface area contributed by atoms with Gasteiger partial charge in [-0.05, 0) is 99.8 Å². The molecule has 1 aliphatic carbocycles. The molecule has 1 saturated carbocycles. The second-order valence-corrected chi connectivity index (χ2v) is 11.1. The zero-order valence-corrected chi connectivity index (χ0v) is 23.0. The number of nitrogens with zero attached hydrogens (tertiary/aromatic N) is 4. The minimum Gasteiger partial charge on any atom is -0.496 e. The van der Waals surface area contributed by atoms with Crippen LogP contribution in [0.5, 0.6) is 5.75 Å². The zero-order chi connectivity index (χ0) is 26.0. The average molecular weight is 502 g/mol. The summed E-state index contributed by atoms with van der Waals surface area (Å²) in [6, 6.07) is 15.3. The third-order valence-corrected chi connectivity index (χ3v) is 8.67.